The lowest BCUT2D eigenvalue weighted by Crippen LogP contribution is -2.30. The highest BCUT2D eigenvalue weighted by Gasteiger charge is 2.19. The molecule has 6 nitrogen and oxygen atoms in total. The summed E-state index contributed by atoms with van der Waals surface area (Å²) in [6, 6.07) is 0. The summed E-state index contributed by atoms with van der Waals surface area (Å²) in [6.07, 6.45) is 92.2. The minimum absolute atomic E-state index is 0.0766. The SMILES string of the molecule is CC/C=C\C/C=C\C/C=C\C/C=C\C/C=C\C/C=C\CCCCCCCCC(=O)OC(COC(=O)CCCCCCCCCCCCCCC)COC(=O)CCCCCCCCCCCCCCCCCCCCCCCCCCCC. The van der Waals surface area contributed by atoms with E-state index in [-0.39, 0.29) is 31.1 Å². The fraction of sp³-hybridized carbons (Fsp3) is 0.803. The second kappa shape index (κ2) is 70.3. The highest BCUT2D eigenvalue weighted by Crippen LogP contribution is 2.18. The molecule has 0 aromatic rings. The Morgan fingerprint density at radius 1 is 0.256 bits per heavy atom. The number of unbranched alkanes of at least 4 members (excludes halogenated alkanes) is 43. The maximum Gasteiger partial charge on any atom is 0.306 e. The lowest BCUT2D eigenvalue weighted by atomic mass is 10.0. The van der Waals surface area contributed by atoms with E-state index in [1.54, 1.807) is 0 Å². The molecular weight excluding hydrogens is 1010 g/mol. The molecule has 0 aliphatic carbocycles. The van der Waals surface area contributed by atoms with Crippen molar-refractivity contribution in [2.45, 2.75) is 380 Å². The second-order valence-corrected chi connectivity index (χ2v) is 24.1. The molecule has 1 atom stereocenters. The Labute approximate surface area is 510 Å². The Bertz CT molecular complexity index is 1500. The Morgan fingerprint density at radius 2 is 0.476 bits per heavy atom. The fourth-order valence-electron chi connectivity index (χ4n) is 10.6. The van der Waals surface area contributed by atoms with Gasteiger partial charge in [-0.25, -0.2) is 0 Å². The monoisotopic (exact) mass is 1150 g/mol. The summed E-state index contributed by atoms with van der Waals surface area (Å²) in [7, 11) is 0. The zero-order valence-corrected chi connectivity index (χ0v) is 54.8. The number of esters is 3. The average molecular weight is 1150 g/mol. The minimum atomic E-state index is -0.782. The van der Waals surface area contributed by atoms with Crippen LogP contribution in [0.1, 0.15) is 374 Å². The molecule has 476 valence electrons. The van der Waals surface area contributed by atoms with E-state index in [9.17, 15) is 14.4 Å². The quantitative estimate of drug-likeness (QED) is 0.0261. The number of hydrogen-bond donors (Lipinski definition) is 0. The Morgan fingerprint density at radius 3 is 0.744 bits per heavy atom. The van der Waals surface area contributed by atoms with Crippen LogP contribution in [0.15, 0.2) is 72.9 Å². The van der Waals surface area contributed by atoms with Crippen molar-refractivity contribution < 1.29 is 28.6 Å². The van der Waals surface area contributed by atoms with Gasteiger partial charge in [-0.2, -0.15) is 0 Å². The molecule has 82 heavy (non-hydrogen) atoms. The van der Waals surface area contributed by atoms with Crippen LogP contribution in [0.4, 0.5) is 0 Å². The number of carbonyl (C=O) groups excluding carboxylic acids is 3. The molecular formula is C76H136O6. The molecule has 0 rings (SSSR count). The van der Waals surface area contributed by atoms with Gasteiger partial charge < -0.3 is 14.2 Å². The van der Waals surface area contributed by atoms with Gasteiger partial charge >= 0.3 is 17.9 Å². The largest absolute Gasteiger partial charge is 0.462 e. The van der Waals surface area contributed by atoms with E-state index in [1.807, 2.05) is 0 Å². The van der Waals surface area contributed by atoms with Crippen molar-refractivity contribution in [3.05, 3.63) is 72.9 Å². The molecule has 0 aliphatic heterocycles. The molecule has 0 radical (unpaired) electrons. The van der Waals surface area contributed by atoms with Gasteiger partial charge in [-0.1, -0.05) is 357 Å². The second-order valence-electron chi connectivity index (χ2n) is 24.1. The van der Waals surface area contributed by atoms with Gasteiger partial charge in [0.05, 0.1) is 0 Å². The van der Waals surface area contributed by atoms with Crippen molar-refractivity contribution >= 4 is 17.9 Å². The number of carbonyl (C=O) groups is 3. The first-order valence-electron chi connectivity index (χ1n) is 35.9. The smallest absolute Gasteiger partial charge is 0.306 e. The highest BCUT2D eigenvalue weighted by molar-refractivity contribution is 5.71. The maximum absolute atomic E-state index is 13.0. The minimum Gasteiger partial charge on any atom is -0.462 e. The van der Waals surface area contributed by atoms with Crippen LogP contribution in [-0.2, 0) is 28.6 Å². The molecule has 1 unspecified atom stereocenters. The molecule has 0 spiro atoms. The summed E-state index contributed by atoms with van der Waals surface area (Å²) < 4.78 is 17.0. The third kappa shape index (κ3) is 67.6. The predicted octanol–water partition coefficient (Wildman–Crippen LogP) is 24.8. The van der Waals surface area contributed by atoms with Crippen LogP contribution in [0.5, 0.6) is 0 Å². The van der Waals surface area contributed by atoms with Crippen LogP contribution in [0.2, 0.25) is 0 Å². The first-order valence-corrected chi connectivity index (χ1v) is 35.9. The normalized spacial score (nSPS) is 12.5. The van der Waals surface area contributed by atoms with Gasteiger partial charge in [0.15, 0.2) is 6.10 Å². The highest BCUT2D eigenvalue weighted by atomic mass is 16.6. The summed E-state index contributed by atoms with van der Waals surface area (Å²) >= 11 is 0. The summed E-state index contributed by atoms with van der Waals surface area (Å²) in [6.45, 7) is 6.58. The van der Waals surface area contributed by atoms with Gasteiger partial charge in [0.2, 0.25) is 0 Å². The van der Waals surface area contributed by atoms with Crippen LogP contribution in [0.25, 0.3) is 0 Å². The molecule has 0 amide bonds. The van der Waals surface area contributed by atoms with E-state index in [1.165, 1.54) is 225 Å². The molecule has 0 aromatic carbocycles. The lowest BCUT2D eigenvalue weighted by molar-refractivity contribution is -0.167. The summed E-state index contributed by atoms with van der Waals surface area (Å²) in [5.41, 5.74) is 0. The van der Waals surface area contributed by atoms with Gasteiger partial charge in [-0.15, -0.1) is 0 Å². The van der Waals surface area contributed by atoms with Crippen LogP contribution in [0, 0.1) is 0 Å². The van der Waals surface area contributed by atoms with Crippen LogP contribution in [0.3, 0.4) is 0 Å². The molecule has 0 aromatic heterocycles. The van der Waals surface area contributed by atoms with Crippen LogP contribution >= 0.6 is 0 Å². The lowest BCUT2D eigenvalue weighted by Gasteiger charge is -2.18. The number of rotatable bonds is 66. The number of hydrogen-bond acceptors (Lipinski definition) is 6. The standard InChI is InChI=1S/C76H136O6/c1-4-7-10-13-16-19-22-25-27-29-31-33-35-37-39-40-42-44-46-48-51-54-57-60-63-66-69-75(78)81-72-73(71-80-74(77)68-65-62-59-56-53-50-24-21-18-15-12-9-6-3)82-76(79)70-67-64-61-58-55-52-49-47-45-43-41-38-36-34-32-30-28-26-23-20-17-14-11-8-5-2/h8,11,17,20,26,28,32,34,38,41,45,47,73H,4-7,9-10,12-16,18-19,21-25,27,29-31,33,35-37,39-40,42-44,46,48-72H2,1-3H3/b11-8-,20-17-,28-26-,34-32-,41-38-,47-45-. The molecule has 6 heteroatoms. The maximum atomic E-state index is 13.0. The summed E-state index contributed by atoms with van der Waals surface area (Å²) in [5.74, 6) is -0.868. The van der Waals surface area contributed by atoms with Crippen molar-refractivity contribution in [1.82, 2.24) is 0 Å². The fourth-order valence-corrected chi connectivity index (χ4v) is 10.6. The van der Waals surface area contributed by atoms with Crippen molar-refractivity contribution in [1.29, 1.82) is 0 Å². The molecule has 0 saturated carbocycles. The Kier molecular flexibility index (Phi) is 67.6. The zero-order chi connectivity index (χ0) is 59.2. The van der Waals surface area contributed by atoms with Crippen molar-refractivity contribution in [3.63, 3.8) is 0 Å². The van der Waals surface area contributed by atoms with Gasteiger partial charge in [-0.3, -0.25) is 14.4 Å². The topological polar surface area (TPSA) is 78.9 Å². The Hall–Kier alpha value is -3.15. The molecule has 0 bridgehead atoms. The summed E-state index contributed by atoms with van der Waals surface area (Å²) in [5, 5.41) is 0. The van der Waals surface area contributed by atoms with Crippen molar-refractivity contribution in [2.75, 3.05) is 13.2 Å². The predicted molar refractivity (Wildman–Crippen MR) is 358 cm³/mol. The van der Waals surface area contributed by atoms with Gasteiger partial charge in [0.1, 0.15) is 13.2 Å². The zero-order valence-electron chi connectivity index (χ0n) is 54.8. The van der Waals surface area contributed by atoms with E-state index >= 15 is 0 Å². The molecule has 0 saturated heterocycles. The molecule has 0 fully saturated rings. The number of ether oxygens (including phenoxy) is 3. The van der Waals surface area contributed by atoms with E-state index < -0.39 is 6.10 Å². The van der Waals surface area contributed by atoms with Gasteiger partial charge in [0.25, 0.3) is 0 Å². The third-order valence-corrected chi connectivity index (χ3v) is 16.0. The average Bonchev–Trinajstić information content (AvgIpc) is 3.47. The van der Waals surface area contributed by atoms with E-state index in [0.29, 0.717) is 19.3 Å². The summed E-state index contributed by atoms with van der Waals surface area (Å²) in [4.78, 5) is 38.4. The number of allylic oxidation sites excluding steroid dienone is 12. The third-order valence-electron chi connectivity index (χ3n) is 16.0. The van der Waals surface area contributed by atoms with E-state index in [4.69, 9.17) is 14.2 Å². The van der Waals surface area contributed by atoms with Gasteiger partial charge in [0, 0.05) is 19.3 Å². The van der Waals surface area contributed by atoms with Gasteiger partial charge in [-0.05, 0) is 70.6 Å². The van der Waals surface area contributed by atoms with Crippen LogP contribution < -0.4 is 0 Å². The first-order chi connectivity index (χ1) is 40.5. The molecule has 0 N–H and O–H groups in total. The van der Waals surface area contributed by atoms with E-state index in [2.05, 4.69) is 93.7 Å². The van der Waals surface area contributed by atoms with E-state index in [0.717, 1.165) is 109 Å². The molecule has 0 heterocycles. The Balaban J connectivity index is 4.28. The van der Waals surface area contributed by atoms with Crippen molar-refractivity contribution in [3.8, 4) is 0 Å². The van der Waals surface area contributed by atoms with Crippen LogP contribution in [-0.4, -0.2) is 37.2 Å². The first kappa shape index (κ1) is 78.8. The molecule has 0 aliphatic rings. The van der Waals surface area contributed by atoms with Crippen molar-refractivity contribution in [2.24, 2.45) is 0 Å².